The predicted octanol–water partition coefficient (Wildman–Crippen LogP) is 6.17. The van der Waals surface area contributed by atoms with Crippen molar-refractivity contribution >= 4 is 5.97 Å². The number of unbranched alkanes of at least 4 members (excludes halogenated alkanes) is 6. The van der Waals surface area contributed by atoms with E-state index in [2.05, 4.69) is 26.0 Å². The van der Waals surface area contributed by atoms with Crippen LogP contribution in [0.4, 0.5) is 0 Å². The Kier molecular flexibility index (Phi) is 11.0. The zero-order valence-electron chi connectivity index (χ0n) is 16.4. The van der Waals surface area contributed by atoms with E-state index in [1.165, 1.54) is 56.1 Å². The molecule has 0 aliphatic heterocycles. The van der Waals surface area contributed by atoms with Gasteiger partial charge in [0.1, 0.15) is 5.75 Å². The van der Waals surface area contributed by atoms with Crippen molar-refractivity contribution in [3.8, 4) is 5.75 Å². The van der Waals surface area contributed by atoms with Gasteiger partial charge in [0, 0.05) is 0 Å². The van der Waals surface area contributed by atoms with Crippen LogP contribution in [0.3, 0.4) is 0 Å². The largest absolute Gasteiger partial charge is 0.479 e. The first-order valence-electron chi connectivity index (χ1n) is 10.1. The van der Waals surface area contributed by atoms with E-state index in [-0.39, 0.29) is 0 Å². The highest BCUT2D eigenvalue weighted by Crippen LogP contribution is 2.25. The summed E-state index contributed by atoms with van der Waals surface area (Å²) in [7, 11) is 0. The average molecular weight is 349 g/mol. The number of benzene rings is 1. The molecule has 0 fully saturated rings. The number of rotatable bonds is 14. The van der Waals surface area contributed by atoms with Crippen molar-refractivity contribution < 1.29 is 14.6 Å². The van der Waals surface area contributed by atoms with E-state index < -0.39 is 12.1 Å². The summed E-state index contributed by atoms with van der Waals surface area (Å²) in [5.41, 5.74) is 2.51. The minimum atomic E-state index is -0.886. The smallest absolute Gasteiger partial charge is 0.344 e. The van der Waals surface area contributed by atoms with Crippen LogP contribution in [0.25, 0.3) is 0 Å². The van der Waals surface area contributed by atoms with E-state index in [4.69, 9.17) is 4.74 Å². The van der Waals surface area contributed by atoms with Gasteiger partial charge in [-0.2, -0.15) is 0 Å². The minimum absolute atomic E-state index is 0.476. The molecule has 3 nitrogen and oxygen atoms in total. The number of aryl methyl sites for hydroxylation is 2. The molecule has 0 spiro atoms. The summed E-state index contributed by atoms with van der Waals surface area (Å²) in [6.45, 7) is 6.29. The molecule has 1 aromatic carbocycles. The fraction of sp³-hybridized carbons (Fsp3) is 0.682. The van der Waals surface area contributed by atoms with Crippen LogP contribution < -0.4 is 4.74 Å². The SMILES string of the molecule is CCCCCCc1ccc(OC(CC)C(=O)O)c(CCCCCC)c1. The molecule has 142 valence electrons. The van der Waals surface area contributed by atoms with Gasteiger partial charge in [0.05, 0.1) is 0 Å². The molecule has 1 aromatic rings. The van der Waals surface area contributed by atoms with Crippen LogP contribution in [-0.4, -0.2) is 17.2 Å². The van der Waals surface area contributed by atoms with Gasteiger partial charge in [-0.1, -0.05) is 71.4 Å². The first-order valence-corrected chi connectivity index (χ1v) is 10.1. The van der Waals surface area contributed by atoms with Gasteiger partial charge in [-0.25, -0.2) is 4.79 Å². The summed E-state index contributed by atoms with van der Waals surface area (Å²) in [6.07, 6.45) is 11.6. The highest BCUT2D eigenvalue weighted by molar-refractivity contribution is 5.72. The van der Waals surface area contributed by atoms with Gasteiger partial charge in [0.25, 0.3) is 0 Å². The van der Waals surface area contributed by atoms with Crippen molar-refractivity contribution in [3.05, 3.63) is 29.3 Å². The Hall–Kier alpha value is -1.51. The van der Waals surface area contributed by atoms with Crippen molar-refractivity contribution in [3.63, 3.8) is 0 Å². The first kappa shape index (κ1) is 21.5. The van der Waals surface area contributed by atoms with Gasteiger partial charge in [-0.05, 0) is 49.3 Å². The van der Waals surface area contributed by atoms with Crippen LogP contribution in [0.15, 0.2) is 18.2 Å². The van der Waals surface area contributed by atoms with E-state index in [0.717, 1.165) is 25.0 Å². The third kappa shape index (κ3) is 8.42. The third-order valence-electron chi connectivity index (χ3n) is 4.66. The van der Waals surface area contributed by atoms with Crippen LogP contribution in [0.5, 0.6) is 5.75 Å². The maximum absolute atomic E-state index is 11.3. The fourth-order valence-electron chi connectivity index (χ4n) is 3.06. The van der Waals surface area contributed by atoms with Crippen molar-refractivity contribution in [1.29, 1.82) is 0 Å². The number of hydrogen-bond acceptors (Lipinski definition) is 2. The number of aliphatic carboxylic acids is 1. The summed E-state index contributed by atoms with van der Waals surface area (Å²) in [4.78, 5) is 11.3. The molecule has 25 heavy (non-hydrogen) atoms. The Morgan fingerprint density at radius 3 is 2.16 bits per heavy atom. The normalized spacial score (nSPS) is 12.1. The molecule has 1 unspecified atom stereocenters. The highest BCUT2D eigenvalue weighted by atomic mass is 16.5. The van der Waals surface area contributed by atoms with Crippen LogP contribution >= 0.6 is 0 Å². The fourth-order valence-corrected chi connectivity index (χ4v) is 3.06. The summed E-state index contributed by atoms with van der Waals surface area (Å²) in [6, 6.07) is 6.32. The second-order valence-corrected chi connectivity index (χ2v) is 6.92. The summed E-state index contributed by atoms with van der Waals surface area (Å²) >= 11 is 0. The molecule has 0 saturated carbocycles. The molecule has 1 rings (SSSR count). The maximum atomic E-state index is 11.3. The van der Waals surface area contributed by atoms with E-state index in [0.29, 0.717) is 6.42 Å². The van der Waals surface area contributed by atoms with Crippen LogP contribution in [0.2, 0.25) is 0 Å². The number of carboxylic acids is 1. The Morgan fingerprint density at radius 2 is 1.60 bits per heavy atom. The number of ether oxygens (including phenoxy) is 1. The minimum Gasteiger partial charge on any atom is -0.479 e. The molecule has 0 amide bonds. The Bertz CT molecular complexity index is 496. The summed E-state index contributed by atoms with van der Waals surface area (Å²) in [5.74, 6) is -0.133. The Morgan fingerprint density at radius 1 is 0.960 bits per heavy atom. The van der Waals surface area contributed by atoms with Crippen LogP contribution in [-0.2, 0) is 17.6 Å². The van der Waals surface area contributed by atoms with Gasteiger partial charge in [-0.15, -0.1) is 0 Å². The van der Waals surface area contributed by atoms with Gasteiger partial charge in [0.15, 0.2) is 6.10 Å². The molecule has 0 aliphatic carbocycles. The second-order valence-electron chi connectivity index (χ2n) is 6.92. The summed E-state index contributed by atoms with van der Waals surface area (Å²) in [5, 5.41) is 9.27. The monoisotopic (exact) mass is 348 g/mol. The lowest BCUT2D eigenvalue weighted by Gasteiger charge is -2.17. The molecular weight excluding hydrogens is 312 g/mol. The highest BCUT2D eigenvalue weighted by Gasteiger charge is 2.18. The molecule has 0 aliphatic rings. The van der Waals surface area contributed by atoms with Crippen molar-refractivity contribution in [1.82, 2.24) is 0 Å². The molecule has 0 saturated heterocycles. The molecule has 3 heteroatoms. The standard InChI is InChI=1S/C22H36O3/c1-4-7-9-11-13-18-15-16-21(25-20(6-3)22(23)24)19(17-18)14-12-10-8-5-2/h15-17,20H,4-14H2,1-3H3,(H,23,24). The molecule has 1 atom stereocenters. The molecule has 0 heterocycles. The second kappa shape index (κ2) is 12.8. The lowest BCUT2D eigenvalue weighted by atomic mass is 9.99. The van der Waals surface area contributed by atoms with Crippen LogP contribution in [0.1, 0.15) is 89.7 Å². The van der Waals surface area contributed by atoms with Crippen molar-refractivity contribution in [2.75, 3.05) is 0 Å². The topological polar surface area (TPSA) is 46.5 Å². The van der Waals surface area contributed by atoms with Gasteiger partial charge >= 0.3 is 5.97 Å². The zero-order valence-corrected chi connectivity index (χ0v) is 16.4. The Balaban J connectivity index is 2.79. The molecule has 0 radical (unpaired) electrons. The van der Waals surface area contributed by atoms with E-state index in [9.17, 15) is 9.90 Å². The van der Waals surface area contributed by atoms with Crippen molar-refractivity contribution in [2.24, 2.45) is 0 Å². The first-order chi connectivity index (χ1) is 12.1. The molecule has 1 N–H and O–H groups in total. The zero-order chi connectivity index (χ0) is 18.5. The number of carbonyl (C=O) groups is 1. The lowest BCUT2D eigenvalue weighted by molar-refractivity contribution is -0.145. The van der Waals surface area contributed by atoms with Crippen molar-refractivity contribution in [2.45, 2.75) is 97.5 Å². The third-order valence-corrected chi connectivity index (χ3v) is 4.66. The summed E-state index contributed by atoms with van der Waals surface area (Å²) < 4.78 is 5.81. The van der Waals surface area contributed by atoms with E-state index in [1.807, 2.05) is 13.0 Å². The maximum Gasteiger partial charge on any atom is 0.344 e. The molecule has 0 bridgehead atoms. The van der Waals surface area contributed by atoms with E-state index in [1.54, 1.807) is 0 Å². The van der Waals surface area contributed by atoms with Crippen LogP contribution in [0, 0.1) is 0 Å². The predicted molar refractivity (Wildman–Crippen MR) is 104 cm³/mol. The van der Waals surface area contributed by atoms with Gasteiger partial charge < -0.3 is 9.84 Å². The van der Waals surface area contributed by atoms with Gasteiger partial charge in [-0.3, -0.25) is 0 Å². The quantitative estimate of drug-likeness (QED) is 0.409. The molecular formula is C22H36O3. The number of hydrogen-bond donors (Lipinski definition) is 1. The molecule has 0 aromatic heterocycles. The average Bonchev–Trinajstić information content (AvgIpc) is 2.61. The Labute approximate surface area is 153 Å². The number of carboxylic acid groups (broad SMARTS) is 1. The van der Waals surface area contributed by atoms with E-state index >= 15 is 0 Å². The lowest BCUT2D eigenvalue weighted by Crippen LogP contribution is -2.26. The van der Waals surface area contributed by atoms with Gasteiger partial charge in [0.2, 0.25) is 0 Å².